The Hall–Kier alpha value is -0.780. The smallest absolute Gasteiger partial charge is 0.172 e. The van der Waals surface area contributed by atoms with E-state index in [1.54, 1.807) is 7.11 Å². The normalized spacial score (nSPS) is 19.5. The van der Waals surface area contributed by atoms with Gasteiger partial charge in [-0.1, -0.05) is 0 Å². The Labute approximate surface area is 109 Å². The van der Waals surface area contributed by atoms with Crippen molar-refractivity contribution in [1.29, 1.82) is 0 Å². The van der Waals surface area contributed by atoms with E-state index in [1.165, 1.54) is 0 Å². The molecule has 0 aromatic heterocycles. The van der Waals surface area contributed by atoms with E-state index >= 15 is 0 Å². The number of benzene rings is 1. The molecular formula is C12H16BrNO3. The average Bonchev–Trinajstić information content (AvgIpc) is 2.83. The molecule has 0 radical (unpaired) electrons. The van der Waals surface area contributed by atoms with Gasteiger partial charge in [-0.15, -0.1) is 0 Å². The minimum Gasteiger partial charge on any atom is -0.503 e. The molecule has 1 aliphatic rings. The Bertz CT molecular complexity index is 392. The zero-order chi connectivity index (χ0) is 12.3. The van der Waals surface area contributed by atoms with Crippen molar-refractivity contribution in [2.24, 2.45) is 0 Å². The van der Waals surface area contributed by atoms with Crippen molar-refractivity contribution in [1.82, 2.24) is 5.32 Å². The second-order valence-corrected chi connectivity index (χ2v) is 4.92. The molecule has 2 rings (SSSR count). The predicted octanol–water partition coefficient (Wildman–Crippen LogP) is 2.04. The van der Waals surface area contributed by atoms with Gasteiger partial charge in [0, 0.05) is 19.2 Å². The van der Waals surface area contributed by atoms with Crippen molar-refractivity contribution in [3.63, 3.8) is 0 Å². The van der Waals surface area contributed by atoms with Crippen molar-refractivity contribution in [2.75, 3.05) is 20.3 Å². The van der Waals surface area contributed by atoms with Crippen LogP contribution in [0.1, 0.15) is 12.0 Å². The molecule has 0 saturated carbocycles. The first kappa shape index (κ1) is 12.7. The quantitative estimate of drug-likeness (QED) is 0.894. The minimum absolute atomic E-state index is 0.139. The van der Waals surface area contributed by atoms with Gasteiger partial charge in [0.25, 0.3) is 0 Å². The van der Waals surface area contributed by atoms with E-state index in [4.69, 9.17) is 9.47 Å². The molecular weight excluding hydrogens is 286 g/mol. The number of rotatable bonds is 4. The lowest BCUT2D eigenvalue weighted by molar-refractivity contribution is 0.190. The van der Waals surface area contributed by atoms with E-state index in [0.29, 0.717) is 16.3 Å². The molecule has 2 N–H and O–H groups in total. The van der Waals surface area contributed by atoms with E-state index in [9.17, 15) is 5.11 Å². The molecule has 17 heavy (non-hydrogen) atoms. The van der Waals surface area contributed by atoms with Crippen LogP contribution in [0.25, 0.3) is 0 Å². The van der Waals surface area contributed by atoms with Crippen LogP contribution in [0.2, 0.25) is 0 Å². The molecule has 1 aromatic rings. The Morgan fingerprint density at radius 2 is 2.41 bits per heavy atom. The Balaban J connectivity index is 2.02. The number of phenolic OH excluding ortho intramolecular Hbond substituents is 1. The summed E-state index contributed by atoms with van der Waals surface area (Å²) in [4.78, 5) is 0. The molecule has 4 nitrogen and oxygen atoms in total. The second kappa shape index (κ2) is 5.71. The molecule has 5 heteroatoms. The van der Waals surface area contributed by atoms with Crippen molar-refractivity contribution in [3.05, 3.63) is 22.2 Å². The maximum atomic E-state index is 9.69. The summed E-state index contributed by atoms with van der Waals surface area (Å²) in [6.45, 7) is 2.35. The number of methoxy groups -OCH3 is 1. The van der Waals surface area contributed by atoms with E-state index in [0.717, 1.165) is 31.7 Å². The summed E-state index contributed by atoms with van der Waals surface area (Å²) in [5, 5.41) is 13.1. The van der Waals surface area contributed by atoms with Crippen LogP contribution in [0.3, 0.4) is 0 Å². The average molecular weight is 302 g/mol. The van der Waals surface area contributed by atoms with Crippen LogP contribution < -0.4 is 10.1 Å². The van der Waals surface area contributed by atoms with Gasteiger partial charge >= 0.3 is 0 Å². The molecule has 1 fully saturated rings. The third-order valence-electron chi connectivity index (χ3n) is 2.83. The zero-order valence-corrected chi connectivity index (χ0v) is 11.3. The van der Waals surface area contributed by atoms with E-state index < -0.39 is 0 Å². The van der Waals surface area contributed by atoms with Gasteiger partial charge in [-0.3, -0.25) is 0 Å². The second-order valence-electron chi connectivity index (χ2n) is 4.07. The number of hydrogen-bond acceptors (Lipinski definition) is 4. The third kappa shape index (κ3) is 3.12. The van der Waals surface area contributed by atoms with Crippen LogP contribution in [0, 0.1) is 0 Å². The van der Waals surface area contributed by atoms with Gasteiger partial charge in [-0.05, 0) is 40.0 Å². The van der Waals surface area contributed by atoms with Crippen LogP contribution in [0.15, 0.2) is 16.6 Å². The fourth-order valence-electron chi connectivity index (χ4n) is 1.84. The molecule has 0 bridgehead atoms. The number of ether oxygens (including phenoxy) is 2. The highest BCUT2D eigenvalue weighted by Gasteiger charge is 2.15. The molecule has 1 aliphatic heterocycles. The largest absolute Gasteiger partial charge is 0.503 e. The number of nitrogens with one attached hydrogen (secondary N) is 1. The Morgan fingerprint density at radius 3 is 3.06 bits per heavy atom. The predicted molar refractivity (Wildman–Crippen MR) is 68.4 cm³/mol. The summed E-state index contributed by atoms with van der Waals surface area (Å²) in [6, 6.07) is 4.15. The topological polar surface area (TPSA) is 50.7 Å². The lowest BCUT2D eigenvalue weighted by Gasteiger charge is -2.12. The van der Waals surface area contributed by atoms with Crippen LogP contribution in [-0.4, -0.2) is 31.5 Å². The third-order valence-corrected chi connectivity index (χ3v) is 3.44. The van der Waals surface area contributed by atoms with E-state index in [1.807, 2.05) is 12.1 Å². The molecule has 94 valence electrons. The molecule has 0 aliphatic carbocycles. The first-order valence-electron chi connectivity index (χ1n) is 5.57. The first-order chi connectivity index (χ1) is 8.20. The standard InChI is InChI=1S/C12H16BrNO3/c1-16-11-5-8(4-10(13)12(11)15)6-14-9-2-3-17-7-9/h4-5,9,14-15H,2-3,6-7H2,1H3. The summed E-state index contributed by atoms with van der Waals surface area (Å²) < 4.78 is 11.1. The number of aromatic hydroxyl groups is 1. The van der Waals surface area contributed by atoms with Gasteiger partial charge in [0.05, 0.1) is 18.2 Å². The highest BCUT2D eigenvalue weighted by Crippen LogP contribution is 2.35. The molecule has 1 saturated heterocycles. The van der Waals surface area contributed by atoms with Gasteiger partial charge in [-0.25, -0.2) is 0 Å². The zero-order valence-electron chi connectivity index (χ0n) is 9.70. The van der Waals surface area contributed by atoms with Crippen LogP contribution in [0.4, 0.5) is 0 Å². The molecule has 1 aromatic carbocycles. The fourth-order valence-corrected chi connectivity index (χ4v) is 2.33. The van der Waals surface area contributed by atoms with E-state index in [2.05, 4.69) is 21.2 Å². The monoisotopic (exact) mass is 301 g/mol. The highest BCUT2D eigenvalue weighted by molar-refractivity contribution is 9.10. The summed E-state index contributed by atoms with van der Waals surface area (Å²) in [5.74, 6) is 0.624. The first-order valence-corrected chi connectivity index (χ1v) is 6.36. The number of hydrogen-bond donors (Lipinski definition) is 2. The van der Waals surface area contributed by atoms with Crippen molar-refractivity contribution in [2.45, 2.75) is 19.0 Å². The lowest BCUT2D eigenvalue weighted by Crippen LogP contribution is -2.28. The summed E-state index contributed by atoms with van der Waals surface area (Å²) >= 11 is 3.31. The summed E-state index contributed by atoms with van der Waals surface area (Å²) in [7, 11) is 1.55. The number of phenols is 1. The van der Waals surface area contributed by atoms with Crippen molar-refractivity contribution < 1.29 is 14.6 Å². The van der Waals surface area contributed by atoms with Gasteiger partial charge in [-0.2, -0.15) is 0 Å². The van der Waals surface area contributed by atoms with Crippen LogP contribution in [0.5, 0.6) is 11.5 Å². The molecule has 1 atom stereocenters. The molecule has 1 unspecified atom stereocenters. The van der Waals surface area contributed by atoms with Gasteiger partial charge in [0.15, 0.2) is 11.5 Å². The van der Waals surface area contributed by atoms with Gasteiger partial charge in [0.1, 0.15) is 0 Å². The van der Waals surface area contributed by atoms with Gasteiger partial charge < -0.3 is 19.9 Å². The SMILES string of the molecule is COc1cc(CNC2CCOC2)cc(Br)c1O. The van der Waals surface area contributed by atoms with Crippen LogP contribution >= 0.6 is 15.9 Å². The summed E-state index contributed by atoms with van der Waals surface area (Å²) in [6.07, 6.45) is 1.05. The van der Waals surface area contributed by atoms with Gasteiger partial charge in [0.2, 0.25) is 0 Å². The van der Waals surface area contributed by atoms with Crippen molar-refractivity contribution >= 4 is 15.9 Å². The molecule has 1 heterocycles. The Morgan fingerprint density at radius 1 is 1.59 bits per heavy atom. The summed E-state index contributed by atoms with van der Waals surface area (Å²) in [5.41, 5.74) is 1.07. The Kier molecular flexibility index (Phi) is 4.25. The van der Waals surface area contributed by atoms with Crippen molar-refractivity contribution in [3.8, 4) is 11.5 Å². The minimum atomic E-state index is 0.139. The van der Waals surface area contributed by atoms with E-state index in [-0.39, 0.29) is 5.75 Å². The maximum Gasteiger partial charge on any atom is 0.172 e. The lowest BCUT2D eigenvalue weighted by atomic mass is 10.2. The highest BCUT2D eigenvalue weighted by atomic mass is 79.9. The maximum absolute atomic E-state index is 9.69. The number of halogens is 1. The fraction of sp³-hybridized carbons (Fsp3) is 0.500. The van der Waals surface area contributed by atoms with Crippen LogP contribution in [-0.2, 0) is 11.3 Å². The molecule has 0 amide bonds. The molecule has 0 spiro atoms.